The van der Waals surface area contributed by atoms with Crippen LogP contribution < -0.4 is 18.9 Å². The number of ether oxygens (including phenoxy) is 4. The van der Waals surface area contributed by atoms with Crippen LogP contribution in [-0.4, -0.2) is 52.4 Å². The van der Waals surface area contributed by atoms with Crippen molar-refractivity contribution in [1.29, 1.82) is 0 Å². The smallest absolute Gasteiger partial charge is 0.490 e. The fourth-order valence-corrected chi connectivity index (χ4v) is 12.8. The van der Waals surface area contributed by atoms with Crippen LogP contribution in [0.2, 0.25) is 0 Å². The molecule has 0 aliphatic carbocycles. The highest BCUT2D eigenvalue weighted by Gasteiger charge is 2.44. The highest BCUT2D eigenvalue weighted by Crippen LogP contribution is 2.37. The number of fused-ring (bicyclic) bond motifs is 2. The van der Waals surface area contributed by atoms with Gasteiger partial charge in [0.25, 0.3) is 19.7 Å². The maximum atomic E-state index is 14.3. The third kappa shape index (κ3) is 21.9. The minimum Gasteiger partial charge on any atom is -0.490 e. The molecule has 0 saturated heterocycles. The van der Waals surface area contributed by atoms with E-state index >= 15 is 0 Å². The second-order valence-corrected chi connectivity index (χ2v) is 24.3. The van der Waals surface area contributed by atoms with E-state index in [0.717, 1.165) is 64.2 Å². The maximum Gasteiger partial charge on any atom is 0.504 e. The molecule has 10 nitrogen and oxygen atoms in total. The Kier molecular flexibility index (Phi) is 30.3. The van der Waals surface area contributed by atoms with Crippen LogP contribution in [0.5, 0.6) is 23.0 Å². The minimum atomic E-state index is -4.86. The summed E-state index contributed by atoms with van der Waals surface area (Å²) < 4.78 is 81.2. The Labute approximate surface area is 442 Å². The zero-order chi connectivity index (χ0) is 52.4. The first-order valence-corrected chi connectivity index (χ1v) is 32.0. The number of rotatable bonds is 42. The van der Waals surface area contributed by atoms with E-state index in [9.17, 15) is 22.4 Å². The molecule has 0 saturated carbocycles. The van der Waals surface area contributed by atoms with Gasteiger partial charge in [-0.2, -0.15) is 0 Å². The lowest BCUT2D eigenvalue weighted by Gasteiger charge is -2.15. The standard InChI is InChI=1S/C61H94N2O8S2/c1-5-9-13-17-21-25-29-33-41-68-57-47-51-37-39-55(45-53(51)49-59(57)70-43-35-31-27-23-19-15-11-7-3)72(64,65)61(63-62)73(66,67)56-40-38-52-48-58(69-42-34-30-26-22-18-14-10-6-2)60(50-54(52)46-56)71-44-36-32-28-24-20-16-12-8-4/h37-40,45-50H,5-36,41-44H2,1-4H3. The van der Waals surface area contributed by atoms with Crippen molar-refractivity contribution in [3.63, 3.8) is 0 Å². The van der Waals surface area contributed by atoms with Gasteiger partial charge in [-0.3, -0.25) is 0 Å². The van der Waals surface area contributed by atoms with Crippen molar-refractivity contribution in [2.75, 3.05) is 26.4 Å². The van der Waals surface area contributed by atoms with E-state index in [0.29, 0.717) is 71.0 Å². The van der Waals surface area contributed by atoms with Crippen LogP contribution in [-0.2, 0) is 19.7 Å². The monoisotopic (exact) mass is 1050 g/mol. The number of unbranched alkanes of at least 4 members (excludes halogenated alkanes) is 28. The summed E-state index contributed by atoms with van der Waals surface area (Å²) in [5.74, 6) is 2.19. The van der Waals surface area contributed by atoms with Gasteiger partial charge >= 0.3 is 4.38 Å². The van der Waals surface area contributed by atoms with Crippen LogP contribution in [0.25, 0.3) is 27.1 Å². The lowest BCUT2D eigenvalue weighted by Crippen LogP contribution is -2.26. The Balaban J connectivity index is 1.53. The quantitative estimate of drug-likeness (QED) is 0.0140. The summed E-state index contributed by atoms with van der Waals surface area (Å²) in [6.45, 7) is 10.9. The molecule has 0 aliphatic rings. The number of hydrogen-bond donors (Lipinski definition) is 0. The molecule has 0 unspecified atom stereocenters. The lowest BCUT2D eigenvalue weighted by molar-refractivity contribution is 0.00380. The molecule has 73 heavy (non-hydrogen) atoms. The molecular formula is C61H94N2O8S2. The maximum absolute atomic E-state index is 14.3. The fraction of sp³-hybridized carbons (Fsp3) is 0.656. The van der Waals surface area contributed by atoms with Crippen molar-refractivity contribution in [2.24, 2.45) is 0 Å². The average Bonchev–Trinajstić information content (AvgIpc) is 3.38. The third-order valence-electron chi connectivity index (χ3n) is 13.9. The summed E-state index contributed by atoms with van der Waals surface area (Å²) in [5.41, 5.74) is 10.3. The van der Waals surface area contributed by atoms with Crippen molar-refractivity contribution < 1.29 is 40.6 Å². The largest absolute Gasteiger partial charge is 0.504 e. The van der Waals surface area contributed by atoms with Gasteiger partial charge in [0.1, 0.15) is 0 Å². The first-order valence-electron chi connectivity index (χ1n) is 29.0. The summed E-state index contributed by atoms with van der Waals surface area (Å²) in [6, 6.07) is 16.0. The highest BCUT2D eigenvalue weighted by atomic mass is 32.3. The van der Waals surface area contributed by atoms with Crippen LogP contribution in [0.1, 0.15) is 233 Å². The first kappa shape index (κ1) is 61.4. The molecule has 0 spiro atoms. The minimum absolute atomic E-state index is 0.325. The van der Waals surface area contributed by atoms with Gasteiger partial charge in [0.2, 0.25) is 0 Å². The molecule has 12 heteroatoms. The molecule has 0 aliphatic heterocycles. The molecule has 0 radical (unpaired) electrons. The second kappa shape index (κ2) is 36.0. The van der Waals surface area contributed by atoms with Crippen LogP contribution in [0.3, 0.4) is 0 Å². The summed E-state index contributed by atoms with van der Waals surface area (Å²) in [4.78, 5) is 2.33. The van der Waals surface area contributed by atoms with Crippen molar-refractivity contribution >= 4 is 45.6 Å². The number of benzene rings is 4. The number of nitrogens with zero attached hydrogens (tertiary/aromatic N) is 2. The van der Waals surface area contributed by atoms with Gasteiger partial charge in [0, 0.05) is 0 Å². The summed E-state index contributed by atoms with van der Waals surface area (Å²) in [6.07, 6.45) is 37.6. The van der Waals surface area contributed by atoms with Crippen LogP contribution >= 0.6 is 0 Å². The van der Waals surface area contributed by atoms with E-state index < -0.39 is 24.1 Å². The zero-order valence-electron chi connectivity index (χ0n) is 45.7. The predicted octanol–water partition coefficient (Wildman–Crippen LogP) is 17.9. The SMILES string of the molecule is CCCCCCCCCCOc1cc2ccc(S(=O)(=O)C(=[N+]=[N-])S(=O)(=O)c3ccc4cc(OCCCCCCCCCC)c(OCCCCCCCCCC)cc4c3)cc2cc1OCCCCCCCCCC. The van der Waals surface area contributed by atoms with Crippen LogP contribution in [0.4, 0.5) is 0 Å². The van der Waals surface area contributed by atoms with E-state index in [1.165, 1.54) is 166 Å². The van der Waals surface area contributed by atoms with E-state index in [4.69, 9.17) is 18.9 Å². The van der Waals surface area contributed by atoms with Crippen LogP contribution in [0.15, 0.2) is 70.5 Å². The van der Waals surface area contributed by atoms with E-state index in [2.05, 4.69) is 32.5 Å². The number of sulfone groups is 2. The zero-order valence-corrected chi connectivity index (χ0v) is 47.3. The van der Waals surface area contributed by atoms with Crippen LogP contribution in [0, 0.1) is 0 Å². The van der Waals surface area contributed by atoms with Gasteiger partial charge in [0.05, 0.1) is 36.2 Å². The molecule has 4 aromatic rings. The van der Waals surface area contributed by atoms with Gasteiger partial charge < -0.3 is 24.5 Å². The first-order chi connectivity index (χ1) is 35.6. The third-order valence-corrected chi connectivity index (χ3v) is 18.1. The molecule has 4 rings (SSSR count). The Bertz CT molecular complexity index is 2290. The van der Waals surface area contributed by atoms with Gasteiger partial charge in [0.15, 0.2) is 23.0 Å². The molecule has 0 atom stereocenters. The van der Waals surface area contributed by atoms with Crippen molar-refractivity contribution in [3.8, 4) is 23.0 Å². The van der Waals surface area contributed by atoms with E-state index in [-0.39, 0.29) is 9.79 Å². The Morgan fingerprint density at radius 2 is 0.575 bits per heavy atom. The summed E-state index contributed by atoms with van der Waals surface area (Å²) in [7, 11) is -9.72. The predicted molar refractivity (Wildman–Crippen MR) is 303 cm³/mol. The molecule has 0 amide bonds. The average molecular weight is 1050 g/mol. The molecule has 408 valence electrons. The Hall–Kier alpha value is -4.12. The van der Waals surface area contributed by atoms with Crippen molar-refractivity contribution in [3.05, 3.63) is 66.2 Å². The fourth-order valence-electron chi connectivity index (χ4n) is 9.38. The molecule has 0 bridgehead atoms. The van der Waals surface area contributed by atoms with Gasteiger partial charge in [-0.05, 0) is 95.8 Å². The second-order valence-electron chi connectivity index (χ2n) is 20.3. The van der Waals surface area contributed by atoms with E-state index in [1.807, 2.05) is 12.1 Å². The highest BCUT2D eigenvalue weighted by molar-refractivity contribution is 8.31. The number of hydrogen-bond acceptors (Lipinski definition) is 8. The molecule has 4 aromatic carbocycles. The summed E-state index contributed by atoms with van der Waals surface area (Å²) in [5, 5.41) is 2.44. The normalized spacial score (nSPS) is 11.8. The molecular weight excluding hydrogens is 953 g/mol. The molecule has 0 N–H and O–H groups in total. The topological polar surface area (TPSA) is 142 Å². The van der Waals surface area contributed by atoms with E-state index in [1.54, 1.807) is 24.3 Å². The summed E-state index contributed by atoms with van der Waals surface area (Å²) >= 11 is 0. The van der Waals surface area contributed by atoms with Crippen molar-refractivity contribution in [2.45, 2.75) is 243 Å². The molecule has 0 heterocycles. The van der Waals surface area contributed by atoms with Crippen molar-refractivity contribution in [1.82, 2.24) is 0 Å². The Morgan fingerprint density at radius 1 is 0.342 bits per heavy atom. The van der Waals surface area contributed by atoms with Gasteiger partial charge in [-0.15, -0.1) is 4.79 Å². The van der Waals surface area contributed by atoms with Gasteiger partial charge in [-0.25, -0.2) is 16.8 Å². The van der Waals surface area contributed by atoms with Gasteiger partial charge in [-0.1, -0.05) is 220 Å². The Morgan fingerprint density at radius 3 is 0.822 bits per heavy atom. The molecule has 0 aromatic heterocycles. The molecule has 0 fully saturated rings. The lowest BCUT2D eigenvalue weighted by atomic mass is 10.1.